The Hall–Kier alpha value is -1.40. The number of hydrogen-bond donors (Lipinski definition) is 2. The highest BCUT2D eigenvalue weighted by Crippen LogP contribution is 2.19. The lowest BCUT2D eigenvalue weighted by molar-refractivity contribution is 0.198. The van der Waals surface area contributed by atoms with Crippen molar-refractivity contribution in [3.8, 4) is 0 Å². The highest BCUT2D eigenvalue weighted by atomic mass is 16.3. The minimum absolute atomic E-state index is 0.0485. The third-order valence-corrected chi connectivity index (χ3v) is 3.96. The zero-order valence-electron chi connectivity index (χ0n) is 11.0. The fourth-order valence-corrected chi connectivity index (χ4v) is 2.87. The summed E-state index contributed by atoms with van der Waals surface area (Å²) in [6, 6.07) is 1.80. The molecule has 2 fully saturated rings. The van der Waals surface area contributed by atoms with Crippen LogP contribution in [0.2, 0.25) is 0 Å². The van der Waals surface area contributed by atoms with E-state index in [-0.39, 0.29) is 17.7 Å². The Morgan fingerprint density at radius 1 is 1.42 bits per heavy atom. The third-order valence-electron chi connectivity index (χ3n) is 3.96. The molecular formula is C13H20N4O2. The second-order valence-corrected chi connectivity index (χ2v) is 5.39. The predicted molar refractivity (Wildman–Crippen MR) is 72.5 cm³/mol. The van der Waals surface area contributed by atoms with Crippen LogP contribution in [0.25, 0.3) is 0 Å². The highest BCUT2D eigenvalue weighted by molar-refractivity contribution is 5.44. The van der Waals surface area contributed by atoms with Crippen molar-refractivity contribution < 1.29 is 5.11 Å². The van der Waals surface area contributed by atoms with E-state index in [0.717, 1.165) is 44.6 Å². The normalized spacial score (nSPS) is 27.7. The van der Waals surface area contributed by atoms with Crippen LogP contribution < -0.4 is 15.8 Å². The van der Waals surface area contributed by atoms with Gasteiger partial charge in [0.15, 0.2) is 0 Å². The number of anilines is 1. The summed E-state index contributed by atoms with van der Waals surface area (Å²) in [6.07, 6.45) is 4.30. The summed E-state index contributed by atoms with van der Waals surface area (Å²) in [7, 11) is 0. The number of aliphatic hydroxyl groups is 1. The second-order valence-electron chi connectivity index (χ2n) is 5.39. The fraction of sp³-hybridized carbons (Fsp3) is 0.692. The molecule has 0 bridgehead atoms. The summed E-state index contributed by atoms with van der Waals surface area (Å²) in [5, 5.41) is 17.1. The first-order valence-corrected chi connectivity index (χ1v) is 6.96. The first-order chi connectivity index (χ1) is 9.24. The van der Waals surface area contributed by atoms with Crippen LogP contribution in [-0.4, -0.2) is 47.2 Å². The van der Waals surface area contributed by atoms with Gasteiger partial charge < -0.3 is 15.3 Å². The molecule has 2 atom stereocenters. The van der Waals surface area contributed by atoms with Crippen LogP contribution in [0.15, 0.2) is 17.1 Å². The molecule has 0 aliphatic carbocycles. The Kier molecular flexibility index (Phi) is 3.52. The van der Waals surface area contributed by atoms with Crippen molar-refractivity contribution in [3.63, 3.8) is 0 Å². The van der Waals surface area contributed by atoms with Gasteiger partial charge in [-0.2, -0.15) is 5.10 Å². The van der Waals surface area contributed by atoms with Crippen LogP contribution in [0.5, 0.6) is 0 Å². The molecule has 0 saturated carbocycles. The van der Waals surface area contributed by atoms with Gasteiger partial charge in [-0.15, -0.1) is 0 Å². The zero-order chi connectivity index (χ0) is 13.2. The van der Waals surface area contributed by atoms with Crippen molar-refractivity contribution in [3.05, 3.63) is 22.6 Å². The van der Waals surface area contributed by atoms with Gasteiger partial charge in [-0.1, -0.05) is 0 Å². The Bertz CT molecular complexity index is 496. The number of hydrogen-bond acceptors (Lipinski definition) is 5. The first-order valence-electron chi connectivity index (χ1n) is 6.96. The summed E-state index contributed by atoms with van der Waals surface area (Å²) in [6.45, 7) is 3.22. The topological polar surface area (TPSA) is 70.4 Å². The summed E-state index contributed by atoms with van der Waals surface area (Å²) in [5.41, 5.74) is 0.772. The van der Waals surface area contributed by atoms with Crippen LogP contribution in [0.3, 0.4) is 0 Å². The van der Waals surface area contributed by atoms with E-state index in [9.17, 15) is 9.90 Å². The van der Waals surface area contributed by atoms with Crippen molar-refractivity contribution >= 4 is 5.69 Å². The quantitative estimate of drug-likeness (QED) is 0.770. The molecule has 3 rings (SSSR count). The summed E-state index contributed by atoms with van der Waals surface area (Å²) in [4.78, 5) is 14.2. The highest BCUT2D eigenvalue weighted by Gasteiger charge is 2.22. The van der Waals surface area contributed by atoms with Crippen LogP contribution >= 0.6 is 0 Å². The van der Waals surface area contributed by atoms with Gasteiger partial charge in [-0.25, -0.2) is 4.68 Å². The molecule has 1 aromatic rings. The Morgan fingerprint density at radius 3 is 2.95 bits per heavy atom. The largest absolute Gasteiger partial charge is 0.391 e. The first kappa shape index (κ1) is 12.6. The third kappa shape index (κ3) is 2.64. The number of nitrogens with zero attached hydrogens (tertiary/aromatic N) is 3. The molecular weight excluding hydrogens is 244 g/mol. The van der Waals surface area contributed by atoms with Gasteiger partial charge in [-0.05, 0) is 25.8 Å². The van der Waals surface area contributed by atoms with Gasteiger partial charge in [0.05, 0.1) is 24.0 Å². The number of β-amino-alcohol motifs (C(OH)–C–C–N with tert-alkyl or cyclic N) is 1. The smallest absolute Gasteiger partial charge is 0.269 e. The number of aromatic nitrogens is 2. The summed E-state index contributed by atoms with van der Waals surface area (Å²) < 4.78 is 1.59. The number of rotatable bonds is 2. The maximum Gasteiger partial charge on any atom is 0.269 e. The van der Waals surface area contributed by atoms with Crippen molar-refractivity contribution in [1.29, 1.82) is 0 Å². The minimum Gasteiger partial charge on any atom is -0.391 e. The van der Waals surface area contributed by atoms with Gasteiger partial charge in [0.25, 0.3) is 5.56 Å². The molecule has 2 aliphatic rings. The fourth-order valence-electron chi connectivity index (χ4n) is 2.87. The molecule has 6 nitrogen and oxygen atoms in total. The molecule has 2 aliphatic heterocycles. The Labute approximate surface area is 112 Å². The second kappa shape index (κ2) is 5.30. The monoisotopic (exact) mass is 264 g/mol. The lowest BCUT2D eigenvalue weighted by Gasteiger charge is -2.24. The van der Waals surface area contributed by atoms with Crippen molar-refractivity contribution in [2.75, 3.05) is 31.1 Å². The SMILES string of the molecule is O=c1cc(N2CC[C@H](O)C2)cnn1[C@@H]1CCCNC1. The molecule has 0 unspecified atom stereocenters. The molecule has 2 saturated heterocycles. The Balaban J connectivity index is 1.79. The van der Waals surface area contributed by atoms with E-state index in [1.165, 1.54) is 0 Å². The van der Waals surface area contributed by atoms with Crippen LogP contribution in [0.1, 0.15) is 25.3 Å². The molecule has 2 N–H and O–H groups in total. The average Bonchev–Trinajstić information content (AvgIpc) is 2.86. The molecule has 0 amide bonds. The van der Waals surface area contributed by atoms with Crippen molar-refractivity contribution in [1.82, 2.24) is 15.1 Å². The lowest BCUT2D eigenvalue weighted by Crippen LogP contribution is -2.38. The molecule has 19 heavy (non-hydrogen) atoms. The average molecular weight is 264 g/mol. The van der Waals surface area contributed by atoms with E-state index < -0.39 is 0 Å². The number of nitrogens with one attached hydrogen (secondary N) is 1. The van der Waals surface area contributed by atoms with Gasteiger partial charge in [0, 0.05) is 25.7 Å². The Morgan fingerprint density at radius 2 is 2.32 bits per heavy atom. The molecule has 6 heteroatoms. The number of aliphatic hydroxyl groups excluding tert-OH is 1. The van der Waals surface area contributed by atoms with Gasteiger partial charge in [0.2, 0.25) is 0 Å². The lowest BCUT2D eigenvalue weighted by atomic mass is 10.1. The molecule has 0 aromatic carbocycles. The molecule has 104 valence electrons. The zero-order valence-corrected chi connectivity index (χ0v) is 11.0. The molecule has 3 heterocycles. The molecule has 0 radical (unpaired) electrons. The molecule has 1 aromatic heterocycles. The minimum atomic E-state index is -0.287. The van der Waals surface area contributed by atoms with E-state index in [1.807, 2.05) is 4.90 Å². The van der Waals surface area contributed by atoms with Crippen LogP contribution in [0.4, 0.5) is 5.69 Å². The van der Waals surface area contributed by atoms with E-state index in [2.05, 4.69) is 10.4 Å². The van der Waals surface area contributed by atoms with Gasteiger partial charge in [-0.3, -0.25) is 4.79 Å². The van der Waals surface area contributed by atoms with E-state index in [0.29, 0.717) is 6.54 Å². The van der Waals surface area contributed by atoms with Crippen LogP contribution in [0, 0.1) is 0 Å². The van der Waals surface area contributed by atoms with Crippen LogP contribution in [-0.2, 0) is 0 Å². The maximum atomic E-state index is 12.2. The van der Waals surface area contributed by atoms with Crippen molar-refractivity contribution in [2.24, 2.45) is 0 Å². The predicted octanol–water partition coefficient (Wildman–Crippen LogP) is -0.261. The summed E-state index contributed by atoms with van der Waals surface area (Å²) >= 11 is 0. The van der Waals surface area contributed by atoms with Gasteiger partial charge >= 0.3 is 0 Å². The number of piperidine rings is 1. The van der Waals surface area contributed by atoms with Crippen molar-refractivity contribution in [2.45, 2.75) is 31.4 Å². The standard InChI is InChI=1S/C13H20N4O2/c18-12-3-5-16(9-12)11-6-13(19)17(15-8-11)10-2-1-4-14-7-10/h6,8,10,12,14,18H,1-5,7,9H2/t10-,12+/m1/s1. The van der Waals surface area contributed by atoms with E-state index in [1.54, 1.807) is 16.9 Å². The van der Waals surface area contributed by atoms with E-state index in [4.69, 9.17) is 0 Å². The van der Waals surface area contributed by atoms with E-state index >= 15 is 0 Å². The maximum absolute atomic E-state index is 12.2. The summed E-state index contributed by atoms with van der Waals surface area (Å²) in [5.74, 6) is 0. The molecule has 0 spiro atoms. The van der Waals surface area contributed by atoms with Gasteiger partial charge in [0.1, 0.15) is 0 Å².